The molecule has 1 heterocycles. The van der Waals surface area contributed by atoms with Gasteiger partial charge in [-0.3, -0.25) is 9.59 Å². The average Bonchev–Trinajstić information content (AvgIpc) is 3.19. The Balaban J connectivity index is 1.81. The van der Waals surface area contributed by atoms with Crippen LogP contribution in [0.25, 0.3) is 0 Å². The van der Waals surface area contributed by atoms with Crippen LogP contribution < -0.4 is 10.1 Å². The molecule has 1 N–H and O–H groups in total. The van der Waals surface area contributed by atoms with E-state index in [0.717, 1.165) is 11.3 Å². The quantitative estimate of drug-likeness (QED) is 0.747. The van der Waals surface area contributed by atoms with Crippen molar-refractivity contribution in [2.45, 2.75) is 5.92 Å². The van der Waals surface area contributed by atoms with Gasteiger partial charge >= 0.3 is 0 Å². The predicted molar refractivity (Wildman–Crippen MR) is 106 cm³/mol. The van der Waals surface area contributed by atoms with Crippen molar-refractivity contribution >= 4 is 11.8 Å². The van der Waals surface area contributed by atoms with Gasteiger partial charge in [-0.25, -0.2) is 0 Å². The van der Waals surface area contributed by atoms with Crippen LogP contribution in [0.3, 0.4) is 0 Å². The molecular formula is C22H26N2O4. The largest absolute Gasteiger partial charge is 0.497 e. The lowest BCUT2D eigenvalue weighted by molar-refractivity contribution is -0.125. The van der Waals surface area contributed by atoms with Crippen LogP contribution in [0.15, 0.2) is 54.6 Å². The zero-order valence-corrected chi connectivity index (χ0v) is 16.3. The highest BCUT2D eigenvalue weighted by Crippen LogP contribution is 2.34. The maximum absolute atomic E-state index is 12.9. The summed E-state index contributed by atoms with van der Waals surface area (Å²) < 4.78 is 10.2. The Hall–Kier alpha value is -2.86. The van der Waals surface area contributed by atoms with Gasteiger partial charge < -0.3 is 19.7 Å². The SMILES string of the molecule is COCCNC(=O)[C@@H]1CN(C(=O)c2ccccc2)C[C@H]1c1ccc(OC)cc1. The van der Waals surface area contributed by atoms with Crippen LogP contribution in [0, 0.1) is 5.92 Å². The Labute approximate surface area is 165 Å². The summed E-state index contributed by atoms with van der Waals surface area (Å²) in [5.41, 5.74) is 1.66. The van der Waals surface area contributed by atoms with Gasteiger partial charge in [0, 0.05) is 38.2 Å². The molecule has 6 nitrogen and oxygen atoms in total. The van der Waals surface area contributed by atoms with Crippen molar-refractivity contribution in [2.24, 2.45) is 5.92 Å². The molecule has 1 aliphatic heterocycles. The molecule has 0 aliphatic carbocycles. The third kappa shape index (κ3) is 4.51. The second-order valence-electron chi connectivity index (χ2n) is 6.85. The smallest absolute Gasteiger partial charge is 0.253 e. The number of rotatable bonds is 7. The van der Waals surface area contributed by atoms with Crippen LogP contribution in [0.2, 0.25) is 0 Å². The van der Waals surface area contributed by atoms with E-state index in [1.807, 2.05) is 42.5 Å². The molecule has 0 saturated carbocycles. The Kier molecular flexibility index (Phi) is 6.66. The third-order valence-corrected chi connectivity index (χ3v) is 5.11. The van der Waals surface area contributed by atoms with Crippen molar-refractivity contribution in [2.75, 3.05) is 40.5 Å². The molecule has 6 heteroatoms. The number of hydrogen-bond donors (Lipinski definition) is 1. The second kappa shape index (κ2) is 9.37. The number of benzene rings is 2. The van der Waals surface area contributed by atoms with Crippen LogP contribution in [0.1, 0.15) is 21.8 Å². The van der Waals surface area contributed by atoms with Crippen molar-refractivity contribution in [1.82, 2.24) is 10.2 Å². The fourth-order valence-electron chi connectivity index (χ4n) is 3.59. The van der Waals surface area contributed by atoms with Crippen molar-refractivity contribution in [3.8, 4) is 5.75 Å². The number of amides is 2. The molecule has 0 spiro atoms. The highest BCUT2D eigenvalue weighted by Gasteiger charge is 2.40. The van der Waals surface area contributed by atoms with Crippen LogP contribution in [-0.4, -0.2) is 57.2 Å². The van der Waals surface area contributed by atoms with E-state index in [-0.39, 0.29) is 23.7 Å². The van der Waals surface area contributed by atoms with Gasteiger partial charge in [0.15, 0.2) is 0 Å². The minimum atomic E-state index is -0.307. The van der Waals surface area contributed by atoms with Crippen LogP contribution >= 0.6 is 0 Å². The molecule has 0 aromatic heterocycles. The molecule has 148 valence electrons. The number of hydrogen-bond acceptors (Lipinski definition) is 4. The number of methoxy groups -OCH3 is 2. The first-order valence-corrected chi connectivity index (χ1v) is 9.39. The Morgan fingerprint density at radius 2 is 1.75 bits per heavy atom. The number of nitrogens with one attached hydrogen (secondary N) is 1. The molecule has 2 aromatic carbocycles. The standard InChI is InChI=1S/C22H26N2O4/c1-27-13-12-23-21(25)20-15-24(22(26)17-6-4-3-5-7-17)14-19(20)16-8-10-18(28-2)11-9-16/h3-11,19-20H,12-15H2,1-2H3,(H,23,25)/t19-,20+/m0/s1. The highest BCUT2D eigenvalue weighted by molar-refractivity contribution is 5.95. The lowest BCUT2D eigenvalue weighted by Crippen LogP contribution is -2.37. The summed E-state index contributed by atoms with van der Waals surface area (Å²) >= 11 is 0. The number of carbonyl (C=O) groups excluding carboxylic acids is 2. The maximum Gasteiger partial charge on any atom is 0.253 e. The molecule has 0 radical (unpaired) electrons. The van der Waals surface area contributed by atoms with Crippen molar-refractivity contribution in [1.29, 1.82) is 0 Å². The minimum absolute atomic E-state index is 0.0497. The van der Waals surface area contributed by atoms with Crippen molar-refractivity contribution < 1.29 is 19.1 Å². The Morgan fingerprint density at radius 1 is 1.04 bits per heavy atom. The molecule has 2 atom stereocenters. The average molecular weight is 382 g/mol. The second-order valence-corrected chi connectivity index (χ2v) is 6.85. The molecular weight excluding hydrogens is 356 g/mol. The lowest BCUT2D eigenvalue weighted by atomic mass is 9.88. The predicted octanol–water partition coefficient (Wildman–Crippen LogP) is 2.31. The molecule has 2 aromatic rings. The van der Waals surface area contributed by atoms with Crippen molar-refractivity contribution in [3.05, 3.63) is 65.7 Å². The summed E-state index contributed by atoms with van der Waals surface area (Å²) in [6, 6.07) is 16.9. The molecule has 0 unspecified atom stereocenters. The van der Waals surface area contributed by atoms with E-state index < -0.39 is 0 Å². The van der Waals surface area contributed by atoms with E-state index >= 15 is 0 Å². The van der Waals surface area contributed by atoms with E-state index in [9.17, 15) is 9.59 Å². The minimum Gasteiger partial charge on any atom is -0.497 e. The Bertz CT molecular complexity index is 792. The fourth-order valence-corrected chi connectivity index (χ4v) is 3.59. The molecule has 1 aliphatic rings. The maximum atomic E-state index is 12.9. The zero-order valence-electron chi connectivity index (χ0n) is 16.3. The van der Waals surface area contributed by atoms with Gasteiger partial charge in [0.1, 0.15) is 5.75 Å². The lowest BCUT2D eigenvalue weighted by Gasteiger charge is -2.18. The molecule has 28 heavy (non-hydrogen) atoms. The van der Waals surface area contributed by atoms with E-state index in [1.54, 1.807) is 31.3 Å². The summed E-state index contributed by atoms with van der Waals surface area (Å²) in [6.07, 6.45) is 0. The third-order valence-electron chi connectivity index (χ3n) is 5.11. The zero-order chi connectivity index (χ0) is 19.9. The number of carbonyl (C=O) groups is 2. The van der Waals surface area contributed by atoms with Crippen LogP contribution in [0.5, 0.6) is 5.75 Å². The summed E-state index contributed by atoms with van der Waals surface area (Å²) in [5, 5.41) is 2.92. The first kappa shape index (κ1) is 19.9. The fraction of sp³-hybridized carbons (Fsp3) is 0.364. The van der Waals surface area contributed by atoms with Gasteiger partial charge in [-0.1, -0.05) is 30.3 Å². The monoisotopic (exact) mass is 382 g/mol. The highest BCUT2D eigenvalue weighted by atomic mass is 16.5. The number of nitrogens with zero attached hydrogens (tertiary/aromatic N) is 1. The van der Waals surface area contributed by atoms with E-state index in [0.29, 0.717) is 31.8 Å². The van der Waals surface area contributed by atoms with E-state index in [2.05, 4.69) is 5.32 Å². The summed E-state index contributed by atoms with van der Waals surface area (Å²) in [4.78, 5) is 27.5. The first-order chi connectivity index (χ1) is 13.6. The molecule has 1 saturated heterocycles. The topological polar surface area (TPSA) is 67.9 Å². The normalized spacial score (nSPS) is 18.7. The van der Waals surface area contributed by atoms with Crippen LogP contribution in [-0.2, 0) is 9.53 Å². The van der Waals surface area contributed by atoms with Gasteiger partial charge in [-0.15, -0.1) is 0 Å². The van der Waals surface area contributed by atoms with Crippen molar-refractivity contribution in [3.63, 3.8) is 0 Å². The van der Waals surface area contributed by atoms with Gasteiger partial charge in [0.05, 0.1) is 19.6 Å². The van der Waals surface area contributed by atoms with Crippen LogP contribution in [0.4, 0.5) is 0 Å². The summed E-state index contributed by atoms with van der Waals surface area (Å²) in [7, 11) is 3.22. The molecule has 3 rings (SSSR count). The molecule has 0 bridgehead atoms. The summed E-state index contributed by atoms with van der Waals surface area (Å²) in [6.45, 7) is 1.80. The summed E-state index contributed by atoms with van der Waals surface area (Å²) in [5.74, 6) is 0.284. The van der Waals surface area contributed by atoms with Gasteiger partial charge in [-0.2, -0.15) is 0 Å². The molecule has 1 fully saturated rings. The van der Waals surface area contributed by atoms with E-state index in [1.165, 1.54) is 0 Å². The van der Waals surface area contributed by atoms with Gasteiger partial charge in [0.25, 0.3) is 5.91 Å². The number of likely N-dealkylation sites (tertiary alicyclic amines) is 1. The first-order valence-electron chi connectivity index (χ1n) is 9.39. The van der Waals surface area contributed by atoms with E-state index in [4.69, 9.17) is 9.47 Å². The number of ether oxygens (including phenoxy) is 2. The van der Waals surface area contributed by atoms with Gasteiger partial charge in [-0.05, 0) is 29.8 Å². The Morgan fingerprint density at radius 3 is 2.39 bits per heavy atom. The molecule has 2 amide bonds. The van der Waals surface area contributed by atoms with Gasteiger partial charge in [0.2, 0.25) is 5.91 Å².